The highest BCUT2D eigenvalue weighted by Crippen LogP contribution is 2.45. The second-order valence-corrected chi connectivity index (χ2v) is 7.73. The second kappa shape index (κ2) is 6.31. The third kappa shape index (κ3) is 2.68. The van der Waals surface area contributed by atoms with E-state index in [-0.39, 0.29) is 6.03 Å². The fourth-order valence-corrected chi connectivity index (χ4v) is 4.31. The van der Waals surface area contributed by atoms with E-state index in [1.165, 1.54) is 0 Å². The Labute approximate surface area is 165 Å². The van der Waals surface area contributed by atoms with E-state index >= 15 is 0 Å². The van der Waals surface area contributed by atoms with E-state index < -0.39 is 0 Å². The van der Waals surface area contributed by atoms with E-state index in [4.69, 9.17) is 4.74 Å². The van der Waals surface area contributed by atoms with Gasteiger partial charge in [-0.05, 0) is 50.2 Å². The summed E-state index contributed by atoms with van der Waals surface area (Å²) in [5.74, 6) is 1.20. The number of benzene rings is 1. The van der Waals surface area contributed by atoms with E-state index in [0.29, 0.717) is 11.6 Å². The Morgan fingerprint density at radius 1 is 1.07 bits per heavy atom. The number of pyridine rings is 2. The first-order chi connectivity index (χ1) is 13.6. The van der Waals surface area contributed by atoms with Gasteiger partial charge in [0.25, 0.3) is 0 Å². The summed E-state index contributed by atoms with van der Waals surface area (Å²) < 4.78 is 5.81. The van der Waals surface area contributed by atoms with Crippen LogP contribution in [0.15, 0.2) is 54.7 Å². The third-order valence-electron chi connectivity index (χ3n) is 4.60. The summed E-state index contributed by atoms with van der Waals surface area (Å²) in [6.07, 6.45) is 1.74. The van der Waals surface area contributed by atoms with Crippen LogP contribution in [0.3, 0.4) is 0 Å². The zero-order valence-corrected chi connectivity index (χ0v) is 16.1. The molecular formula is C21H16N4O2S. The highest BCUT2D eigenvalue weighted by atomic mass is 32.1. The summed E-state index contributed by atoms with van der Waals surface area (Å²) in [4.78, 5) is 25.2. The summed E-state index contributed by atoms with van der Waals surface area (Å²) in [6.45, 7) is 3.91. The lowest BCUT2D eigenvalue weighted by Crippen LogP contribution is -2.33. The molecule has 0 aliphatic carbocycles. The molecule has 0 unspecified atom stereocenters. The van der Waals surface area contributed by atoms with Crippen LogP contribution in [0.2, 0.25) is 0 Å². The third-order valence-corrected chi connectivity index (χ3v) is 5.62. The van der Waals surface area contributed by atoms with E-state index in [1.807, 2.05) is 62.4 Å². The summed E-state index contributed by atoms with van der Waals surface area (Å²) in [5.41, 5.74) is 3.34. The van der Waals surface area contributed by atoms with Crippen molar-refractivity contribution in [1.29, 1.82) is 0 Å². The standard InChI is InChI=1S/C21H16N4O2S/c1-12-4-3-5-17(23-12)27-15-8-6-14(7-9-15)25-16-10-11-22-20-18(16)19(13(2)28-20)24-21(25)26/h3-11H,1-2H3,(H,24,26). The average Bonchev–Trinajstić information content (AvgIpc) is 3.00. The maximum Gasteiger partial charge on any atom is 0.331 e. The van der Waals surface area contributed by atoms with Crippen molar-refractivity contribution < 1.29 is 9.53 Å². The molecule has 1 aliphatic heterocycles. The molecule has 0 spiro atoms. The molecule has 5 rings (SSSR count). The molecule has 2 amide bonds. The number of carbonyl (C=O) groups excluding carboxylic acids is 1. The molecule has 138 valence electrons. The van der Waals surface area contributed by atoms with Gasteiger partial charge in [0.2, 0.25) is 5.88 Å². The number of carbonyl (C=O) groups is 1. The highest BCUT2D eigenvalue weighted by molar-refractivity contribution is 7.19. The van der Waals surface area contributed by atoms with Crippen molar-refractivity contribution in [3.63, 3.8) is 0 Å². The first-order valence-electron chi connectivity index (χ1n) is 8.81. The minimum atomic E-state index is -0.185. The summed E-state index contributed by atoms with van der Waals surface area (Å²) in [7, 11) is 0. The number of rotatable bonds is 3. The molecule has 3 aromatic heterocycles. The number of ether oxygens (including phenoxy) is 1. The number of thiophene rings is 1. The van der Waals surface area contributed by atoms with Crippen LogP contribution < -0.4 is 15.0 Å². The van der Waals surface area contributed by atoms with Crippen molar-refractivity contribution >= 4 is 44.6 Å². The van der Waals surface area contributed by atoms with E-state index in [0.717, 1.165) is 37.8 Å². The Morgan fingerprint density at radius 2 is 1.89 bits per heavy atom. The molecule has 28 heavy (non-hydrogen) atoms. The van der Waals surface area contributed by atoms with Crippen molar-refractivity contribution in [2.24, 2.45) is 0 Å². The Kier molecular flexibility index (Phi) is 3.77. The number of anilines is 3. The molecule has 0 fully saturated rings. The lowest BCUT2D eigenvalue weighted by atomic mass is 10.1. The van der Waals surface area contributed by atoms with Gasteiger partial charge in [-0.1, -0.05) is 6.07 Å². The maximum absolute atomic E-state index is 12.8. The average molecular weight is 388 g/mol. The van der Waals surface area contributed by atoms with Gasteiger partial charge in [-0.3, -0.25) is 4.90 Å². The summed E-state index contributed by atoms with van der Waals surface area (Å²) in [5, 5.41) is 3.98. The topological polar surface area (TPSA) is 67.3 Å². The molecule has 0 atom stereocenters. The molecule has 4 heterocycles. The molecular weight excluding hydrogens is 372 g/mol. The lowest BCUT2D eigenvalue weighted by molar-refractivity contribution is 0.259. The van der Waals surface area contributed by atoms with Gasteiger partial charge in [-0.15, -0.1) is 11.3 Å². The molecule has 1 N–H and O–H groups in total. The lowest BCUT2D eigenvalue weighted by Gasteiger charge is -2.28. The quantitative estimate of drug-likeness (QED) is 0.483. The SMILES string of the molecule is Cc1cccc(Oc2ccc(N3C(=O)Nc4c(C)sc5nccc3c45)cc2)n1. The Hall–Kier alpha value is -3.45. The zero-order valence-electron chi connectivity index (χ0n) is 15.3. The van der Waals surface area contributed by atoms with Crippen molar-refractivity contribution in [2.45, 2.75) is 13.8 Å². The monoisotopic (exact) mass is 388 g/mol. The van der Waals surface area contributed by atoms with E-state index in [1.54, 1.807) is 22.4 Å². The molecule has 0 saturated heterocycles. The van der Waals surface area contributed by atoms with Crippen molar-refractivity contribution in [3.05, 3.63) is 65.3 Å². The van der Waals surface area contributed by atoms with Crippen LogP contribution in [0.25, 0.3) is 10.2 Å². The molecule has 4 aromatic rings. The number of hydrogen-bond donors (Lipinski definition) is 1. The maximum atomic E-state index is 12.8. The molecule has 6 nitrogen and oxygen atoms in total. The molecule has 1 aromatic carbocycles. The van der Waals surface area contributed by atoms with Crippen LogP contribution in [0, 0.1) is 13.8 Å². The number of nitrogens with one attached hydrogen (secondary N) is 1. The van der Waals surface area contributed by atoms with Crippen molar-refractivity contribution in [3.8, 4) is 11.6 Å². The van der Waals surface area contributed by atoms with Crippen LogP contribution in [0.1, 0.15) is 10.6 Å². The highest BCUT2D eigenvalue weighted by Gasteiger charge is 2.29. The Bertz CT molecular complexity index is 1220. The van der Waals surface area contributed by atoms with Crippen LogP contribution >= 0.6 is 11.3 Å². The van der Waals surface area contributed by atoms with Gasteiger partial charge in [0.1, 0.15) is 10.6 Å². The zero-order chi connectivity index (χ0) is 19.3. The van der Waals surface area contributed by atoms with Crippen LogP contribution in [-0.2, 0) is 0 Å². The van der Waals surface area contributed by atoms with Crippen molar-refractivity contribution in [2.75, 3.05) is 10.2 Å². The number of nitrogens with zero attached hydrogens (tertiary/aromatic N) is 3. The van der Waals surface area contributed by atoms with Gasteiger partial charge in [0.05, 0.1) is 22.4 Å². The number of aryl methyl sites for hydroxylation is 2. The fourth-order valence-electron chi connectivity index (χ4n) is 3.34. The normalized spacial score (nSPS) is 12.9. The fraction of sp³-hybridized carbons (Fsp3) is 0.0952. The molecule has 0 saturated carbocycles. The predicted octanol–water partition coefficient (Wildman–Crippen LogP) is 5.78. The smallest absolute Gasteiger partial charge is 0.331 e. The second-order valence-electron chi connectivity index (χ2n) is 6.52. The predicted molar refractivity (Wildman–Crippen MR) is 111 cm³/mol. The van der Waals surface area contributed by atoms with Gasteiger partial charge in [-0.25, -0.2) is 14.8 Å². The first-order valence-corrected chi connectivity index (χ1v) is 9.62. The number of amides is 2. The number of hydrogen-bond acceptors (Lipinski definition) is 5. The number of urea groups is 1. The number of aromatic nitrogens is 2. The van der Waals surface area contributed by atoms with Gasteiger partial charge in [0.15, 0.2) is 0 Å². The minimum Gasteiger partial charge on any atom is -0.439 e. The molecule has 0 radical (unpaired) electrons. The van der Waals surface area contributed by atoms with E-state index in [2.05, 4.69) is 15.3 Å². The van der Waals surface area contributed by atoms with Gasteiger partial charge in [0, 0.05) is 22.8 Å². The molecule has 1 aliphatic rings. The van der Waals surface area contributed by atoms with Crippen molar-refractivity contribution in [1.82, 2.24) is 9.97 Å². The van der Waals surface area contributed by atoms with Gasteiger partial charge < -0.3 is 10.1 Å². The van der Waals surface area contributed by atoms with Crippen LogP contribution in [0.5, 0.6) is 11.6 Å². The van der Waals surface area contributed by atoms with Gasteiger partial charge in [-0.2, -0.15) is 0 Å². The van der Waals surface area contributed by atoms with Gasteiger partial charge >= 0.3 is 6.03 Å². The summed E-state index contributed by atoms with van der Waals surface area (Å²) >= 11 is 1.58. The van der Waals surface area contributed by atoms with Crippen LogP contribution in [0.4, 0.5) is 21.9 Å². The first kappa shape index (κ1) is 16.7. The largest absolute Gasteiger partial charge is 0.439 e. The summed E-state index contributed by atoms with van der Waals surface area (Å²) in [6, 6.07) is 14.7. The Morgan fingerprint density at radius 3 is 2.68 bits per heavy atom. The molecule has 0 bridgehead atoms. The van der Waals surface area contributed by atoms with Crippen LogP contribution in [-0.4, -0.2) is 16.0 Å². The minimum absolute atomic E-state index is 0.185. The molecule has 7 heteroatoms. The Balaban J connectivity index is 1.51. The van der Waals surface area contributed by atoms with E-state index in [9.17, 15) is 4.79 Å².